The van der Waals surface area contributed by atoms with Gasteiger partial charge in [-0.3, -0.25) is 0 Å². The number of benzene rings is 1. The van der Waals surface area contributed by atoms with Gasteiger partial charge >= 0.3 is 0 Å². The molecule has 156 valence electrons. The number of aliphatic hydroxyl groups is 1. The fraction of sp³-hybridized carbons (Fsp3) is 0.286. The van der Waals surface area contributed by atoms with Crippen LogP contribution in [0.15, 0.2) is 49.1 Å². The zero-order chi connectivity index (χ0) is 21.4. The van der Waals surface area contributed by atoms with Crippen molar-refractivity contribution in [2.75, 3.05) is 19.1 Å². The van der Waals surface area contributed by atoms with Gasteiger partial charge in [0.25, 0.3) is 0 Å². The van der Waals surface area contributed by atoms with Crippen LogP contribution in [-0.2, 0) is 0 Å². The standard InChI is InChI=1S/C21H23FN6O2/c1-13(17-9-16(22)5-6-19(17)30-4)26(3)20-7-8-27-21(25-20)18(11-24-27)15-10-23-28(12-15)14(2)29/h5-14,29H,1-4H3. The molecule has 0 bridgehead atoms. The molecule has 0 aliphatic rings. The van der Waals surface area contributed by atoms with Gasteiger partial charge in [-0.1, -0.05) is 0 Å². The van der Waals surface area contributed by atoms with Crippen molar-refractivity contribution in [3.63, 3.8) is 0 Å². The van der Waals surface area contributed by atoms with Crippen LogP contribution in [0.3, 0.4) is 0 Å². The van der Waals surface area contributed by atoms with Crippen molar-refractivity contribution in [1.82, 2.24) is 24.4 Å². The van der Waals surface area contributed by atoms with E-state index in [1.807, 2.05) is 31.1 Å². The Bertz CT molecular complexity index is 1190. The Hall–Kier alpha value is -3.46. The minimum absolute atomic E-state index is 0.185. The summed E-state index contributed by atoms with van der Waals surface area (Å²) in [5.74, 6) is 1.00. The van der Waals surface area contributed by atoms with E-state index >= 15 is 0 Å². The van der Waals surface area contributed by atoms with Crippen LogP contribution in [0.25, 0.3) is 16.8 Å². The molecule has 0 aliphatic carbocycles. The molecule has 3 aromatic heterocycles. The summed E-state index contributed by atoms with van der Waals surface area (Å²) in [6.45, 7) is 3.60. The second kappa shape index (κ2) is 7.75. The highest BCUT2D eigenvalue weighted by molar-refractivity contribution is 5.77. The summed E-state index contributed by atoms with van der Waals surface area (Å²) in [6, 6.07) is 6.15. The van der Waals surface area contributed by atoms with Crippen LogP contribution in [0.4, 0.5) is 10.2 Å². The highest BCUT2D eigenvalue weighted by Crippen LogP contribution is 2.32. The average Bonchev–Trinajstić information content (AvgIpc) is 3.39. The molecule has 8 nitrogen and oxygen atoms in total. The van der Waals surface area contributed by atoms with Crippen molar-refractivity contribution in [2.24, 2.45) is 0 Å². The maximum Gasteiger partial charge on any atom is 0.165 e. The van der Waals surface area contributed by atoms with Crippen molar-refractivity contribution in [2.45, 2.75) is 26.1 Å². The highest BCUT2D eigenvalue weighted by Gasteiger charge is 2.20. The number of rotatable bonds is 6. The number of aromatic nitrogens is 5. The summed E-state index contributed by atoms with van der Waals surface area (Å²) in [7, 11) is 3.47. The van der Waals surface area contributed by atoms with E-state index in [4.69, 9.17) is 9.72 Å². The van der Waals surface area contributed by atoms with Gasteiger partial charge in [0.2, 0.25) is 0 Å². The van der Waals surface area contributed by atoms with Gasteiger partial charge in [0.05, 0.1) is 25.5 Å². The zero-order valence-corrected chi connectivity index (χ0v) is 17.2. The molecule has 2 atom stereocenters. The number of methoxy groups -OCH3 is 1. The first kappa shape index (κ1) is 19.8. The Labute approximate surface area is 173 Å². The van der Waals surface area contributed by atoms with Gasteiger partial charge in [0, 0.05) is 36.1 Å². The lowest BCUT2D eigenvalue weighted by Gasteiger charge is -2.27. The van der Waals surface area contributed by atoms with Crippen molar-refractivity contribution in [3.05, 3.63) is 60.4 Å². The number of fused-ring (bicyclic) bond motifs is 1. The summed E-state index contributed by atoms with van der Waals surface area (Å²) in [5, 5.41) is 18.2. The lowest BCUT2D eigenvalue weighted by molar-refractivity contribution is 0.111. The molecule has 0 amide bonds. The fourth-order valence-electron chi connectivity index (χ4n) is 3.38. The highest BCUT2D eigenvalue weighted by atomic mass is 19.1. The molecule has 4 aromatic rings. The van der Waals surface area contributed by atoms with E-state index in [1.54, 1.807) is 43.2 Å². The van der Waals surface area contributed by atoms with Gasteiger partial charge in [-0.15, -0.1) is 0 Å². The predicted molar refractivity (Wildman–Crippen MR) is 111 cm³/mol. The van der Waals surface area contributed by atoms with Crippen LogP contribution in [0.5, 0.6) is 5.75 Å². The molecule has 0 spiro atoms. The number of hydrogen-bond donors (Lipinski definition) is 1. The summed E-state index contributed by atoms with van der Waals surface area (Å²) in [5.41, 5.74) is 2.99. The van der Waals surface area contributed by atoms with Gasteiger partial charge in [-0.25, -0.2) is 18.6 Å². The van der Waals surface area contributed by atoms with Gasteiger partial charge in [0.15, 0.2) is 5.65 Å². The lowest BCUT2D eigenvalue weighted by atomic mass is 10.1. The first-order valence-electron chi connectivity index (χ1n) is 9.52. The molecule has 0 radical (unpaired) electrons. The molecule has 0 saturated heterocycles. The van der Waals surface area contributed by atoms with E-state index in [1.165, 1.54) is 16.8 Å². The van der Waals surface area contributed by atoms with Crippen LogP contribution in [0, 0.1) is 5.82 Å². The zero-order valence-electron chi connectivity index (χ0n) is 17.2. The maximum absolute atomic E-state index is 13.8. The second-order valence-electron chi connectivity index (χ2n) is 7.13. The molecule has 0 saturated carbocycles. The molecule has 3 heterocycles. The van der Waals surface area contributed by atoms with Crippen molar-refractivity contribution < 1.29 is 14.2 Å². The number of halogens is 1. The third kappa shape index (κ3) is 3.48. The van der Waals surface area contributed by atoms with Crippen LogP contribution < -0.4 is 9.64 Å². The lowest BCUT2D eigenvalue weighted by Crippen LogP contribution is -2.23. The number of anilines is 1. The van der Waals surface area contributed by atoms with Crippen molar-refractivity contribution in [1.29, 1.82) is 0 Å². The summed E-state index contributed by atoms with van der Waals surface area (Å²) < 4.78 is 22.4. The minimum atomic E-state index is -0.725. The summed E-state index contributed by atoms with van der Waals surface area (Å²) >= 11 is 0. The first-order chi connectivity index (χ1) is 14.4. The van der Waals surface area contributed by atoms with Gasteiger partial charge < -0.3 is 14.7 Å². The quantitative estimate of drug-likeness (QED) is 0.524. The molecule has 30 heavy (non-hydrogen) atoms. The number of hydrogen-bond acceptors (Lipinski definition) is 6. The van der Waals surface area contributed by atoms with Crippen molar-refractivity contribution >= 4 is 11.5 Å². The third-order valence-electron chi connectivity index (χ3n) is 5.23. The first-order valence-corrected chi connectivity index (χ1v) is 9.52. The summed E-state index contributed by atoms with van der Waals surface area (Å²) in [6.07, 6.45) is 6.24. The monoisotopic (exact) mass is 410 g/mol. The van der Waals surface area contributed by atoms with Gasteiger partial charge in [-0.05, 0) is 38.1 Å². The number of nitrogens with zero attached hydrogens (tertiary/aromatic N) is 6. The molecule has 1 N–H and O–H groups in total. The topological polar surface area (TPSA) is 80.7 Å². The smallest absolute Gasteiger partial charge is 0.165 e. The maximum atomic E-state index is 13.8. The summed E-state index contributed by atoms with van der Waals surface area (Å²) in [4.78, 5) is 6.73. The molecule has 2 unspecified atom stereocenters. The van der Waals surface area contributed by atoms with E-state index in [2.05, 4.69) is 10.2 Å². The molecule has 1 aromatic carbocycles. The van der Waals surface area contributed by atoms with E-state index in [0.29, 0.717) is 17.2 Å². The van der Waals surface area contributed by atoms with Crippen LogP contribution in [0.2, 0.25) is 0 Å². The fourth-order valence-corrected chi connectivity index (χ4v) is 3.38. The van der Waals surface area contributed by atoms with E-state index in [9.17, 15) is 9.50 Å². The third-order valence-corrected chi connectivity index (χ3v) is 5.23. The van der Waals surface area contributed by atoms with Crippen LogP contribution in [-0.4, -0.2) is 43.6 Å². The Morgan fingerprint density at radius 3 is 2.67 bits per heavy atom. The average molecular weight is 410 g/mol. The van der Waals surface area contributed by atoms with Crippen molar-refractivity contribution in [3.8, 4) is 16.9 Å². The minimum Gasteiger partial charge on any atom is -0.496 e. The Balaban J connectivity index is 1.72. The molecule has 9 heteroatoms. The number of ether oxygens (including phenoxy) is 1. The Morgan fingerprint density at radius 1 is 1.17 bits per heavy atom. The Morgan fingerprint density at radius 2 is 1.97 bits per heavy atom. The number of aliphatic hydroxyl groups excluding tert-OH is 1. The van der Waals surface area contributed by atoms with Gasteiger partial charge in [-0.2, -0.15) is 10.2 Å². The molecular weight excluding hydrogens is 387 g/mol. The van der Waals surface area contributed by atoms with E-state index in [-0.39, 0.29) is 11.9 Å². The van der Waals surface area contributed by atoms with E-state index < -0.39 is 6.23 Å². The predicted octanol–water partition coefficient (Wildman–Crippen LogP) is 3.45. The molecule has 0 fully saturated rings. The SMILES string of the molecule is COc1ccc(F)cc1C(C)N(C)c1ccn2ncc(-c3cnn(C(C)O)c3)c2n1. The van der Waals surface area contributed by atoms with Crippen LogP contribution in [0.1, 0.15) is 31.7 Å². The normalized spacial score (nSPS) is 13.4. The second-order valence-corrected chi connectivity index (χ2v) is 7.13. The van der Waals surface area contributed by atoms with Crippen LogP contribution >= 0.6 is 0 Å². The largest absolute Gasteiger partial charge is 0.496 e. The molecular formula is C21H23FN6O2. The molecule has 4 rings (SSSR count). The van der Waals surface area contributed by atoms with E-state index in [0.717, 1.165) is 16.7 Å². The van der Waals surface area contributed by atoms with Gasteiger partial charge in [0.1, 0.15) is 23.6 Å². The molecule has 0 aliphatic heterocycles. The Kier molecular flexibility index (Phi) is 5.13.